The third-order valence-corrected chi connectivity index (χ3v) is 4.02. The van der Waals surface area contributed by atoms with E-state index in [1.807, 2.05) is 7.05 Å². The van der Waals surface area contributed by atoms with Crippen molar-refractivity contribution in [1.82, 2.24) is 9.80 Å². The van der Waals surface area contributed by atoms with Gasteiger partial charge in [-0.15, -0.1) is 0 Å². The number of hydrogen-bond acceptors (Lipinski definition) is 3. The van der Waals surface area contributed by atoms with Gasteiger partial charge >= 0.3 is 0 Å². The molecule has 0 radical (unpaired) electrons. The zero-order chi connectivity index (χ0) is 11.5. The van der Waals surface area contributed by atoms with Gasteiger partial charge in [0.1, 0.15) is 0 Å². The second-order valence-corrected chi connectivity index (χ2v) is 5.14. The van der Waals surface area contributed by atoms with Crippen molar-refractivity contribution in [3.8, 4) is 0 Å². The van der Waals surface area contributed by atoms with Crippen LogP contribution in [0.5, 0.6) is 0 Å². The van der Waals surface area contributed by atoms with Crippen LogP contribution in [-0.2, 0) is 4.79 Å². The number of hydrogen-bond donors (Lipinski definition) is 1. The van der Waals surface area contributed by atoms with Crippen LogP contribution in [-0.4, -0.2) is 54.5 Å². The highest BCUT2D eigenvalue weighted by atomic mass is 16.2. The van der Waals surface area contributed by atoms with Crippen molar-refractivity contribution in [3.63, 3.8) is 0 Å². The number of nitrogens with zero attached hydrogens (tertiary/aromatic N) is 2. The van der Waals surface area contributed by atoms with Gasteiger partial charge in [-0.05, 0) is 19.9 Å². The van der Waals surface area contributed by atoms with Gasteiger partial charge in [-0.2, -0.15) is 0 Å². The molecule has 2 N–H and O–H groups in total. The van der Waals surface area contributed by atoms with E-state index in [9.17, 15) is 4.79 Å². The lowest BCUT2D eigenvalue weighted by Crippen LogP contribution is -2.59. The molecule has 2 aliphatic rings. The Bertz CT molecular complexity index is 251. The van der Waals surface area contributed by atoms with Crippen molar-refractivity contribution < 1.29 is 4.79 Å². The highest BCUT2D eigenvalue weighted by Crippen LogP contribution is 2.24. The maximum absolute atomic E-state index is 12.0. The largest absolute Gasteiger partial charge is 0.337 e. The van der Waals surface area contributed by atoms with Crippen LogP contribution in [0, 0.1) is 0 Å². The first kappa shape index (κ1) is 11.9. The van der Waals surface area contributed by atoms with Gasteiger partial charge in [0.25, 0.3) is 0 Å². The predicted molar refractivity (Wildman–Crippen MR) is 64.1 cm³/mol. The molecule has 1 unspecified atom stereocenters. The van der Waals surface area contributed by atoms with Crippen LogP contribution in [0.15, 0.2) is 0 Å². The smallest absolute Gasteiger partial charge is 0.237 e. The number of nitrogens with two attached hydrogens (primary N) is 1. The van der Waals surface area contributed by atoms with Gasteiger partial charge in [-0.3, -0.25) is 9.69 Å². The van der Waals surface area contributed by atoms with Gasteiger partial charge < -0.3 is 10.6 Å². The van der Waals surface area contributed by atoms with Crippen LogP contribution in [0.2, 0.25) is 0 Å². The normalized spacial score (nSPS) is 29.8. The maximum Gasteiger partial charge on any atom is 0.237 e. The minimum Gasteiger partial charge on any atom is -0.337 e. The molecule has 0 aromatic rings. The topological polar surface area (TPSA) is 49.6 Å². The van der Waals surface area contributed by atoms with Gasteiger partial charge in [0.05, 0.1) is 6.54 Å². The van der Waals surface area contributed by atoms with E-state index < -0.39 is 0 Å². The molecule has 92 valence electrons. The summed E-state index contributed by atoms with van der Waals surface area (Å²) in [5, 5.41) is 0. The molecule has 0 spiro atoms. The number of carbonyl (C=O) groups is 1. The molecule has 4 heteroatoms. The van der Waals surface area contributed by atoms with Crippen LogP contribution in [0.1, 0.15) is 32.1 Å². The van der Waals surface area contributed by atoms with Crippen molar-refractivity contribution in [2.45, 2.75) is 44.2 Å². The van der Waals surface area contributed by atoms with Crippen molar-refractivity contribution in [1.29, 1.82) is 0 Å². The van der Waals surface area contributed by atoms with Crippen LogP contribution < -0.4 is 5.73 Å². The van der Waals surface area contributed by atoms with Gasteiger partial charge in [0.2, 0.25) is 5.91 Å². The SMILES string of the molecule is CN1CC(=O)N(C2CCCCC2)CC1CN. The Morgan fingerprint density at radius 1 is 1.31 bits per heavy atom. The molecule has 0 aromatic carbocycles. The molecule has 0 aromatic heterocycles. The average Bonchev–Trinajstić information content (AvgIpc) is 2.30. The Kier molecular flexibility index (Phi) is 3.82. The predicted octanol–water partition coefficient (Wildman–Crippen LogP) is 0.420. The average molecular weight is 225 g/mol. The fourth-order valence-electron chi connectivity index (χ4n) is 2.90. The zero-order valence-corrected chi connectivity index (χ0v) is 10.2. The van der Waals surface area contributed by atoms with E-state index in [1.54, 1.807) is 0 Å². The molecule has 4 nitrogen and oxygen atoms in total. The lowest BCUT2D eigenvalue weighted by molar-refractivity contribution is -0.141. The summed E-state index contributed by atoms with van der Waals surface area (Å²) in [4.78, 5) is 16.2. The summed E-state index contributed by atoms with van der Waals surface area (Å²) >= 11 is 0. The summed E-state index contributed by atoms with van der Waals surface area (Å²) in [6.07, 6.45) is 6.26. The molecule has 2 fully saturated rings. The monoisotopic (exact) mass is 225 g/mol. The first-order valence-corrected chi connectivity index (χ1v) is 6.42. The van der Waals surface area contributed by atoms with Crippen LogP contribution in [0.4, 0.5) is 0 Å². The molecule has 1 amide bonds. The molecule has 2 rings (SSSR count). The summed E-state index contributed by atoms with van der Waals surface area (Å²) < 4.78 is 0. The standard InChI is InChI=1S/C12H23N3O/c1-14-9-12(16)15(8-11(14)7-13)10-5-3-2-4-6-10/h10-11H,2-9,13H2,1H3. The summed E-state index contributed by atoms with van der Waals surface area (Å²) in [5.41, 5.74) is 5.75. The molecule has 1 atom stereocenters. The van der Waals surface area contributed by atoms with Gasteiger partial charge in [-0.25, -0.2) is 0 Å². The third kappa shape index (κ3) is 2.38. The molecule has 16 heavy (non-hydrogen) atoms. The summed E-state index contributed by atoms with van der Waals surface area (Å²) in [7, 11) is 1.99. The van der Waals surface area contributed by atoms with Gasteiger partial charge in [-0.1, -0.05) is 19.3 Å². The first-order chi connectivity index (χ1) is 7.72. The molecule has 1 aliphatic carbocycles. The lowest BCUT2D eigenvalue weighted by Gasteiger charge is -2.43. The Hall–Kier alpha value is -0.610. The van der Waals surface area contributed by atoms with Crippen LogP contribution >= 0.6 is 0 Å². The van der Waals surface area contributed by atoms with E-state index in [0.29, 0.717) is 31.1 Å². The van der Waals surface area contributed by atoms with Gasteiger partial charge in [0, 0.05) is 25.2 Å². The highest BCUT2D eigenvalue weighted by molar-refractivity contribution is 5.79. The molecule has 1 saturated carbocycles. The van der Waals surface area contributed by atoms with E-state index in [0.717, 1.165) is 6.54 Å². The summed E-state index contributed by atoms with van der Waals surface area (Å²) in [5.74, 6) is 0.291. The molecule has 1 heterocycles. The minimum atomic E-state index is 0.291. The number of likely N-dealkylation sites (N-methyl/N-ethyl adjacent to an activating group) is 1. The van der Waals surface area contributed by atoms with Gasteiger partial charge in [0.15, 0.2) is 0 Å². The minimum absolute atomic E-state index is 0.291. The van der Waals surface area contributed by atoms with Crippen molar-refractivity contribution in [2.24, 2.45) is 5.73 Å². The quantitative estimate of drug-likeness (QED) is 0.741. The fourth-order valence-corrected chi connectivity index (χ4v) is 2.90. The van der Waals surface area contributed by atoms with E-state index >= 15 is 0 Å². The van der Waals surface area contributed by atoms with Crippen molar-refractivity contribution in [2.75, 3.05) is 26.7 Å². The third-order valence-electron chi connectivity index (χ3n) is 4.02. The number of piperazine rings is 1. The van der Waals surface area contributed by atoms with Crippen molar-refractivity contribution >= 4 is 5.91 Å². The Morgan fingerprint density at radius 2 is 2.00 bits per heavy atom. The number of amides is 1. The first-order valence-electron chi connectivity index (χ1n) is 6.42. The highest BCUT2D eigenvalue weighted by Gasteiger charge is 2.33. The summed E-state index contributed by atoms with van der Waals surface area (Å²) in [6, 6.07) is 0.837. The van der Waals surface area contributed by atoms with E-state index in [4.69, 9.17) is 5.73 Å². The Labute approximate surface area is 97.8 Å². The van der Waals surface area contributed by atoms with Crippen LogP contribution in [0.25, 0.3) is 0 Å². The Balaban J connectivity index is 1.99. The molecular formula is C12H23N3O. The van der Waals surface area contributed by atoms with Crippen molar-refractivity contribution in [3.05, 3.63) is 0 Å². The second-order valence-electron chi connectivity index (χ2n) is 5.14. The number of rotatable bonds is 2. The maximum atomic E-state index is 12.0. The summed E-state index contributed by atoms with van der Waals surface area (Å²) in [6.45, 7) is 2.02. The zero-order valence-electron chi connectivity index (χ0n) is 10.2. The van der Waals surface area contributed by atoms with Crippen LogP contribution in [0.3, 0.4) is 0 Å². The Morgan fingerprint density at radius 3 is 2.62 bits per heavy atom. The number of carbonyl (C=O) groups excluding carboxylic acids is 1. The molecule has 1 aliphatic heterocycles. The fraction of sp³-hybridized carbons (Fsp3) is 0.917. The van der Waals surface area contributed by atoms with E-state index in [1.165, 1.54) is 32.1 Å². The molecule has 0 bridgehead atoms. The lowest BCUT2D eigenvalue weighted by atomic mass is 9.93. The molecular weight excluding hydrogens is 202 g/mol. The second kappa shape index (κ2) is 5.15. The molecule has 1 saturated heterocycles. The van der Waals surface area contributed by atoms with E-state index in [-0.39, 0.29) is 0 Å². The van der Waals surface area contributed by atoms with E-state index in [2.05, 4.69) is 9.80 Å².